The highest BCUT2D eigenvalue weighted by Crippen LogP contribution is 2.40. The third kappa shape index (κ3) is 5.46. The van der Waals surface area contributed by atoms with Crippen molar-refractivity contribution in [1.82, 2.24) is 9.55 Å². The summed E-state index contributed by atoms with van der Waals surface area (Å²) in [5.41, 5.74) is 0.757. The predicted molar refractivity (Wildman–Crippen MR) is 106 cm³/mol. The Labute approximate surface area is 170 Å². The minimum Gasteiger partial charge on any atom is -0.379 e. The van der Waals surface area contributed by atoms with Gasteiger partial charge in [0.25, 0.3) is 0 Å². The van der Waals surface area contributed by atoms with Gasteiger partial charge in [0.05, 0.1) is 31.1 Å². The number of aromatic nitrogens is 2. The van der Waals surface area contributed by atoms with Gasteiger partial charge in [0.15, 0.2) is 0 Å². The number of benzene rings is 1. The van der Waals surface area contributed by atoms with Crippen LogP contribution in [0.3, 0.4) is 0 Å². The molecule has 1 aliphatic heterocycles. The van der Waals surface area contributed by atoms with Gasteiger partial charge in [-0.05, 0) is 18.6 Å². The van der Waals surface area contributed by atoms with Crippen LogP contribution in [0.1, 0.15) is 38.2 Å². The normalized spacial score (nSPS) is 22.4. The minimum absolute atomic E-state index is 0.147. The van der Waals surface area contributed by atoms with Gasteiger partial charge >= 0.3 is 0 Å². The molecular formula is C20H26Cl2N2O3. The van der Waals surface area contributed by atoms with Crippen molar-refractivity contribution in [3.05, 3.63) is 52.5 Å². The van der Waals surface area contributed by atoms with Crippen LogP contribution in [-0.4, -0.2) is 35.5 Å². The van der Waals surface area contributed by atoms with Crippen LogP contribution < -0.4 is 0 Å². The zero-order valence-electron chi connectivity index (χ0n) is 15.6. The first-order valence-corrected chi connectivity index (χ1v) is 10.2. The highest BCUT2D eigenvalue weighted by atomic mass is 35.5. The Morgan fingerprint density at radius 1 is 1.30 bits per heavy atom. The fraction of sp³-hybridized carbons (Fsp3) is 0.550. The van der Waals surface area contributed by atoms with Crippen molar-refractivity contribution in [1.29, 1.82) is 0 Å². The lowest BCUT2D eigenvalue weighted by Gasteiger charge is -2.30. The number of imidazole rings is 1. The van der Waals surface area contributed by atoms with Gasteiger partial charge < -0.3 is 18.8 Å². The molecule has 0 saturated carbocycles. The van der Waals surface area contributed by atoms with E-state index in [0.717, 1.165) is 18.6 Å². The van der Waals surface area contributed by atoms with Crippen molar-refractivity contribution >= 4 is 23.2 Å². The SMILES string of the molecule is CCCCCCOCC1COC(Cn2ccnc2)(c2ccc(Cl)cc2Cl)O1. The third-order valence-electron chi connectivity index (χ3n) is 4.60. The van der Waals surface area contributed by atoms with Gasteiger partial charge in [-0.25, -0.2) is 4.98 Å². The number of hydrogen-bond acceptors (Lipinski definition) is 4. The Balaban J connectivity index is 1.67. The van der Waals surface area contributed by atoms with Crippen molar-refractivity contribution in [2.45, 2.75) is 51.0 Å². The van der Waals surface area contributed by atoms with Crippen LogP contribution in [0.2, 0.25) is 10.0 Å². The summed E-state index contributed by atoms with van der Waals surface area (Å²) in [7, 11) is 0. The van der Waals surface area contributed by atoms with E-state index in [9.17, 15) is 0 Å². The first-order valence-electron chi connectivity index (χ1n) is 9.44. The molecular weight excluding hydrogens is 387 g/mol. The van der Waals surface area contributed by atoms with E-state index in [-0.39, 0.29) is 6.10 Å². The smallest absolute Gasteiger partial charge is 0.215 e. The van der Waals surface area contributed by atoms with Gasteiger partial charge in [0.2, 0.25) is 5.79 Å². The maximum Gasteiger partial charge on any atom is 0.215 e. The molecule has 0 spiro atoms. The zero-order chi connectivity index (χ0) is 19.1. The molecule has 27 heavy (non-hydrogen) atoms. The van der Waals surface area contributed by atoms with Crippen LogP contribution in [0.4, 0.5) is 0 Å². The summed E-state index contributed by atoms with van der Waals surface area (Å²) in [6.07, 6.45) is 9.92. The molecule has 0 radical (unpaired) electrons. The summed E-state index contributed by atoms with van der Waals surface area (Å²) in [5, 5.41) is 1.09. The van der Waals surface area contributed by atoms with E-state index in [1.165, 1.54) is 19.3 Å². The fourth-order valence-electron chi connectivity index (χ4n) is 3.22. The predicted octanol–water partition coefficient (Wildman–Crippen LogP) is 5.06. The maximum absolute atomic E-state index is 6.46. The van der Waals surface area contributed by atoms with Gasteiger partial charge in [-0.15, -0.1) is 0 Å². The number of ether oxygens (including phenoxy) is 3. The Morgan fingerprint density at radius 2 is 2.19 bits per heavy atom. The number of hydrogen-bond donors (Lipinski definition) is 0. The highest BCUT2D eigenvalue weighted by molar-refractivity contribution is 6.35. The Hall–Kier alpha value is -1.11. The number of unbranched alkanes of at least 4 members (excludes halogenated alkanes) is 3. The average molecular weight is 413 g/mol. The molecule has 2 heterocycles. The second-order valence-electron chi connectivity index (χ2n) is 6.80. The van der Waals surface area contributed by atoms with E-state index in [1.54, 1.807) is 24.7 Å². The van der Waals surface area contributed by atoms with Crippen molar-refractivity contribution < 1.29 is 14.2 Å². The van der Waals surface area contributed by atoms with Crippen molar-refractivity contribution in [2.75, 3.05) is 19.8 Å². The molecule has 0 aliphatic carbocycles. The van der Waals surface area contributed by atoms with Crippen LogP contribution >= 0.6 is 23.2 Å². The van der Waals surface area contributed by atoms with Crippen LogP contribution in [-0.2, 0) is 26.5 Å². The summed E-state index contributed by atoms with van der Waals surface area (Å²) in [4.78, 5) is 4.10. The largest absolute Gasteiger partial charge is 0.379 e. The summed E-state index contributed by atoms with van der Waals surface area (Å²) < 4.78 is 20.2. The third-order valence-corrected chi connectivity index (χ3v) is 5.14. The lowest BCUT2D eigenvalue weighted by atomic mass is 10.1. The lowest BCUT2D eigenvalue weighted by molar-refractivity contribution is -0.191. The molecule has 148 valence electrons. The quantitative estimate of drug-likeness (QED) is 0.511. The van der Waals surface area contributed by atoms with Gasteiger partial charge in [0.1, 0.15) is 6.10 Å². The molecule has 0 bridgehead atoms. The van der Waals surface area contributed by atoms with Gasteiger partial charge in [-0.2, -0.15) is 0 Å². The molecule has 1 saturated heterocycles. The molecule has 1 aromatic heterocycles. The van der Waals surface area contributed by atoms with E-state index in [4.69, 9.17) is 37.4 Å². The van der Waals surface area contributed by atoms with Crippen LogP contribution in [0.5, 0.6) is 0 Å². The molecule has 1 aliphatic rings. The van der Waals surface area contributed by atoms with Gasteiger partial charge in [-0.3, -0.25) is 0 Å². The fourth-order valence-corrected chi connectivity index (χ4v) is 3.77. The second kappa shape index (κ2) is 9.89. The summed E-state index contributed by atoms with van der Waals surface area (Å²) in [6.45, 7) is 4.34. The van der Waals surface area contributed by atoms with E-state index in [2.05, 4.69) is 11.9 Å². The minimum atomic E-state index is -0.987. The standard InChI is InChI=1S/C20H26Cl2N2O3/c1-2-3-4-5-10-25-12-17-13-26-20(27-17,14-24-9-8-23-15-24)18-7-6-16(21)11-19(18)22/h6-9,11,15,17H,2-5,10,12-14H2,1H3. The molecule has 3 rings (SSSR count). The molecule has 0 amide bonds. The van der Waals surface area contributed by atoms with E-state index in [0.29, 0.717) is 29.8 Å². The molecule has 5 nitrogen and oxygen atoms in total. The van der Waals surface area contributed by atoms with Crippen LogP contribution in [0.15, 0.2) is 36.9 Å². The monoisotopic (exact) mass is 412 g/mol. The van der Waals surface area contributed by atoms with Crippen molar-refractivity contribution in [3.63, 3.8) is 0 Å². The molecule has 1 fully saturated rings. The summed E-state index contributed by atoms with van der Waals surface area (Å²) in [6, 6.07) is 5.36. The topological polar surface area (TPSA) is 45.5 Å². The van der Waals surface area contributed by atoms with E-state index < -0.39 is 5.79 Å². The Morgan fingerprint density at radius 3 is 2.93 bits per heavy atom. The Kier molecular flexibility index (Phi) is 7.56. The first-order chi connectivity index (χ1) is 13.1. The average Bonchev–Trinajstić information content (AvgIpc) is 3.29. The number of nitrogens with zero attached hydrogens (tertiary/aromatic N) is 2. The Bertz CT molecular complexity index is 711. The highest BCUT2D eigenvalue weighted by Gasteiger charge is 2.45. The molecule has 2 aromatic rings. The zero-order valence-corrected chi connectivity index (χ0v) is 17.1. The van der Waals surface area contributed by atoms with Gasteiger partial charge in [0, 0.05) is 29.6 Å². The molecule has 1 aromatic carbocycles. The lowest BCUT2D eigenvalue weighted by Crippen LogP contribution is -2.34. The van der Waals surface area contributed by atoms with Crippen molar-refractivity contribution in [2.24, 2.45) is 0 Å². The second-order valence-corrected chi connectivity index (χ2v) is 7.64. The van der Waals surface area contributed by atoms with E-state index in [1.807, 2.05) is 16.8 Å². The first kappa shape index (κ1) is 20.6. The molecule has 2 unspecified atom stereocenters. The maximum atomic E-state index is 6.46. The van der Waals surface area contributed by atoms with Crippen LogP contribution in [0, 0.1) is 0 Å². The summed E-state index contributed by atoms with van der Waals surface area (Å²) in [5.74, 6) is -0.987. The van der Waals surface area contributed by atoms with Crippen LogP contribution in [0.25, 0.3) is 0 Å². The number of halogens is 2. The van der Waals surface area contributed by atoms with Crippen molar-refractivity contribution in [3.8, 4) is 0 Å². The number of rotatable bonds is 10. The summed E-state index contributed by atoms with van der Waals surface area (Å²) >= 11 is 12.5. The van der Waals surface area contributed by atoms with Gasteiger partial charge in [-0.1, -0.05) is 55.5 Å². The molecule has 7 heteroatoms. The molecule has 2 atom stereocenters. The van der Waals surface area contributed by atoms with E-state index >= 15 is 0 Å². The molecule has 0 N–H and O–H groups in total.